The second kappa shape index (κ2) is 8.19. The van der Waals surface area contributed by atoms with Gasteiger partial charge in [-0.1, -0.05) is 60.3 Å². The SMILES string of the molecule is COC(=O)[C@@H](C)Sc1nnc(Cc2ccccc2)n1-c1ccccc1C. The minimum atomic E-state index is -0.364. The molecule has 1 heterocycles. The van der Waals surface area contributed by atoms with Crippen LogP contribution in [0, 0.1) is 6.92 Å². The molecule has 134 valence electrons. The third-order valence-electron chi connectivity index (χ3n) is 4.08. The maximum atomic E-state index is 11.8. The highest BCUT2D eigenvalue weighted by Gasteiger charge is 2.22. The molecule has 0 amide bonds. The Balaban J connectivity index is 2.02. The maximum Gasteiger partial charge on any atom is 0.318 e. The highest BCUT2D eigenvalue weighted by atomic mass is 32.2. The molecule has 0 aliphatic carbocycles. The predicted molar refractivity (Wildman–Crippen MR) is 103 cm³/mol. The average Bonchev–Trinajstić information content (AvgIpc) is 3.04. The number of aromatic nitrogens is 3. The largest absolute Gasteiger partial charge is 0.468 e. The monoisotopic (exact) mass is 367 g/mol. The molecular weight excluding hydrogens is 346 g/mol. The zero-order chi connectivity index (χ0) is 18.5. The molecule has 5 nitrogen and oxygen atoms in total. The number of carbonyl (C=O) groups is 1. The number of rotatable bonds is 6. The van der Waals surface area contributed by atoms with Gasteiger partial charge < -0.3 is 4.74 Å². The molecule has 3 aromatic rings. The van der Waals surface area contributed by atoms with Crippen LogP contribution in [0.5, 0.6) is 0 Å². The number of benzene rings is 2. The van der Waals surface area contributed by atoms with Gasteiger partial charge in [0.15, 0.2) is 5.16 Å². The first-order valence-electron chi connectivity index (χ1n) is 8.39. The van der Waals surface area contributed by atoms with Gasteiger partial charge in [-0.15, -0.1) is 10.2 Å². The summed E-state index contributed by atoms with van der Waals surface area (Å²) in [6, 6.07) is 18.3. The standard InChI is InChI=1S/C20H21N3O2S/c1-14-9-7-8-12-17(14)23-18(13-16-10-5-4-6-11-16)21-22-20(23)26-15(2)19(24)25-3/h4-12,15H,13H2,1-3H3/t15-/m1/s1. The van der Waals surface area contributed by atoms with Crippen LogP contribution >= 0.6 is 11.8 Å². The summed E-state index contributed by atoms with van der Waals surface area (Å²) < 4.78 is 6.87. The van der Waals surface area contributed by atoms with E-state index >= 15 is 0 Å². The zero-order valence-corrected chi connectivity index (χ0v) is 15.9. The Morgan fingerprint density at radius 2 is 1.81 bits per heavy atom. The summed E-state index contributed by atoms with van der Waals surface area (Å²) in [5.41, 5.74) is 3.30. The first kappa shape index (κ1) is 18.2. The molecule has 26 heavy (non-hydrogen) atoms. The number of hydrogen-bond donors (Lipinski definition) is 0. The molecule has 0 spiro atoms. The van der Waals surface area contributed by atoms with E-state index in [0.29, 0.717) is 11.6 Å². The number of nitrogens with zero attached hydrogens (tertiary/aromatic N) is 3. The summed E-state index contributed by atoms with van der Waals surface area (Å²) in [6.45, 7) is 3.87. The molecule has 2 aromatic carbocycles. The molecule has 0 unspecified atom stereocenters. The predicted octanol–water partition coefficient (Wildman–Crippen LogP) is 3.82. The van der Waals surface area contributed by atoms with Crippen LogP contribution in [-0.2, 0) is 16.0 Å². The van der Waals surface area contributed by atoms with Crippen LogP contribution in [0.2, 0.25) is 0 Å². The van der Waals surface area contributed by atoms with E-state index < -0.39 is 0 Å². The fourth-order valence-corrected chi connectivity index (χ4v) is 3.60. The Kier molecular flexibility index (Phi) is 5.73. The molecule has 0 bridgehead atoms. The number of para-hydroxylation sites is 1. The lowest BCUT2D eigenvalue weighted by Crippen LogP contribution is -2.16. The van der Waals surface area contributed by atoms with Gasteiger partial charge in [0.25, 0.3) is 0 Å². The van der Waals surface area contributed by atoms with Gasteiger partial charge in [-0.3, -0.25) is 9.36 Å². The van der Waals surface area contributed by atoms with Crippen molar-refractivity contribution in [2.45, 2.75) is 30.7 Å². The number of ether oxygens (including phenoxy) is 1. The number of thioether (sulfide) groups is 1. The molecule has 1 atom stereocenters. The van der Waals surface area contributed by atoms with E-state index in [-0.39, 0.29) is 11.2 Å². The van der Waals surface area contributed by atoms with Crippen LogP contribution < -0.4 is 0 Å². The summed E-state index contributed by atoms with van der Waals surface area (Å²) in [4.78, 5) is 11.8. The van der Waals surface area contributed by atoms with Crippen molar-refractivity contribution in [3.8, 4) is 5.69 Å². The summed E-state index contributed by atoms with van der Waals surface area (Å²) in [5, 5.41) is 9.08. The molecule has 0 fully saturated rings. The number of carbonyl (C=O) groups excluding carboxylic acids is 1. The molecule has 3 rings (SSSR count). The van der Waals surface area contributed by atoms with E-state index in [0.717, 1.165) is 22.6 Å². The molecule has 1 aromatic heterocycles. The third kappa shape index (κ3) is 3.96. The Bertz CT molecular complexity index is 893. The normalized spacial score (nSPS) is 12.0. The van der Waals surface area contributed by atoms with Gasteiger partial charge in [-0.25, -0.2) is 0 Å². The van der Waals surface area contributed by atoms with Gasteiger partial charge in [0.2, 0.25) is 0 Å². The lowest BCUT2D eigenvalue weighted by Gasteiger charge is -2.14. The van der Waals surface area contributed by atoms with E-state index in [4.69, 9.17) is 4.74 Å². The molecule has 0 N–H and O–H groups in total. The number of methoxy groups -OCH3 is 1. The van der Waals surface area contributed by atoms with Crippen molar-refractivity contribution in [2.24, 2.45) is 0 Å². The summed E-state index contributed by atoms with van der Waals surface area (Å²) in [6.07, 6.45) is 0.662. The van der Waals surface area contributed by atoms with E-state index in [9.17, 15) is 4.79 Å². The van der Waals surface area contributed by atoms with Crippen molar-refractivity contribution in [3.05, 3.63) is 71.5 Å². The highest BCUT2D eigenvalue weighted by Crippen LogP contribution is 2.28. The zero-order valence-electron chi connectivity index (χ0n) is 15.0. The Morgan fingerprint density at radius 1 is 1.12 bits per heavy atom. The third-order valence-corrected chi connectivity index (χ3v) is 5.10. The highest BCUT2D eigenvalue weighted by molar-refractivity contribution is 8.00. The van der Waals surface area contributed by atoms with Crippen LogP contribution in [0.15, 0.2) is 59.8 Å². The minimum absolute atomic E-state index is 0.279. The molecule has 0 saturated carbocycles. The molecule has 0 saturated heterocycles. The maximum absolute atomic E-state index is 11.8. The molecule has 0 radical (unpaired) electrons. The van der Waals surface area contributed by atoms with Crippen molar-refractivity contribution < 1.29 is 9.53 Å². The molecule has 0 aliphatic rings. The number of esters is 1. The van der Waals surface area contributed by atoms with Crippen LogP contribution in [0.4, 0.5) is 0 Å². The van der Waals surface area contributed by atoms with Crippen LogP contribution in [-0.4, -0.2) is 33.1 Å². The second-order valence-corrected chi connectivity index (χ2v) is 7.27. The van der Waals surface area contributed by atoms with Gasteiger partial charge in [-0.05, 0) is 31.0 Å². The fraction of sp³-hybridized carbons (Fsp3) is 0.250. The average molecular weight is 367 g/mol. The first-order chi connectivity index (χ1) is 12.6. The van der Waals surface area contributed by atoms with Gasteiger partial charge in [0.05, 0.1) is 12.8 Å². The summed E-state index contributed by atoms with van der Waals surface area (Å²) in [7, 11) is 1.40. The Hall–Kier alpha value is -2.60. The number of hydrogen-bond acceptors (Lipinski definition) is 5. The minimum Gasteiger partial charge on any atom is -0.468 e. The molecule has 0 aliphatic heterocycles. The van der Waals surface area contributed by atoms with E-state index in [1.54, 1.807) is 0 Å². The first-order valence-corrected chi connectivity index (χ1v) is 9.27. The van der Waals surface area contributed by atoms with Crippen molar-refractivity contribution in [1.29, 1.82) is 0 Å². The van der Waals surface area contributed by atoms with E-state index in [1.165, 1.54) is 18.9 Å². The van der Waals surface area contributed by atoms with Crippen LogP contribution in [0.25, 0.3) is 5.69 Å². The van der Waals surface area contributed by atoms with Gasteiger partial charge in [0.1, 0.15) is 11.1 Å². The number of aryl methyl sites for hydroxylation is 1. The van der Waals surface area contributed by atoms with Crippen molar-refractivity contribution >= 4 is 17.7 Å². The summed E-state index contributed by atoms with van der Waals surface area (Å²) in [5.74, 6) is 0.559. The van der Waals surface area contributed by atoms with Gasteiger partial charge in [0, 0.05) is 6.42 Å². The van der Waals surface area contributed by atoms with E-state index in [1.807, 2.05) is 47.9 Å². The van der Waals surface area contributed by atoms with Crippen molar-refractivity contribution in [2.75, 3.05) is 7.11 Å². The molecule has 6 heteroatoms. The lowest BCUT2D eigenvalue weighted by atomic mass is 10.1. The van der Waals surface area contributed by atoms with Crippen LogP contribution in [0.3, 0.4) is 0 Å². The van der Waals surface area contributed by atoms with Gasteiger partial charge >= 0.3 is 5.97 Å². The molecular formula is C20H21N3O2S. The smallest absolute Gasteiger partial charge is 0.318 e. The van der Waals surface area contributed by atoms with Crippen molar-refractivity contribution in [3.63, 3.8) is 0 Å². The second-order valence-electron chi connectivity index (χ2n) is 5.97. The van der Waals surface area contributed by atoms with E-state index in [2.05, 4.69) is 35.3 Å². The Labute approximate surface area is 157 Å². The topological polar surface area (TPSA) is 57.0 Å². The fourth-order valence-electron chi connectivity index (χ4n) is 2.70. The lowest BCUT2D eigenvalue weighted by molar-refractivity contribution is -0.139. The quantitative estimate of drug-likeness (QED) is 0.490. The summed E-state index contributed by atoms with van der Waals surface area (Å²) >= 11 is 1.35. The van der Waals surface area contributed by atoms with Gasteiger partial charge in [-0.2, -0.15) is 0 Å². The van der Waals surface area contributed by atoms with Crippen molar-refractivity contribution in [1.82, 2.24) is 14.8 Å². The van der Waals surface area contributed by atoms with Crippen LogP contribution in [0.1, 0.15) is 23.9 Å². The Morgan fingerprint density at radius 3 is 2.50 bits per heavy atom.